The molecule has 3 aliphatic rings. The van der Waals surface area contributed by atoms with Gasteiger partial charge < -0.3 is 25.8 Å². The van der Waals surface area contributed by atoms with Crippen LogP contribution in [0, 0.1) is 0 Å². The average Bonchev–Trinajstić information content (AvgIpc) is 3.72. The molecule has 3 saturated heterocycles. The molecule has 23 heteroatoms. The molecule has 0 bridgehead atoms. The summed E-state index contributed by atoms with van der Waals surface area (Å²) in [7, 11) is -4.80. The van der Waals surface area contributed by atoms with Crippen molar-refractivity contribution >= 4 is 60.8 Å². The van der Waals surface area contributed by atoms with Gasteiger partial charge >= 0.3 is 14.6 Å². The van der Waals surface area contributed by atoms with Gasteiger partial charge in [0.15, 0.2) is 35.3 Å². The van der Waals surface area contributed by atoms with Crippen LogP contribution in [-0.4, -0.2) is 87.7 Å². The van der Waals surface area contributed by atoms with Gasteiger partial charge in [-0.1, -0.05) is 12.2 Å². The van der Waals surface area contributed by atoms with Crippen LogP contribution in [0.1, 0.15) is 18.9 Å². The quantitative estimate of drug-likeness (QED) is 0.175. The van der Waals surface area contributed by atoms with E-state index in [4.69, 9.17) is 39.0 Å². The normalized spacial score (nSPS) is 37.1. The number of ether oxygens (including phenoxy) is 2. The summed E-state index contributed by atoms with van der Waals surface area (Å²) in [6.45, 7) is -5.46. The van der Waals surface area contributed by atoms with E-state index >= 15 is 4.39 Å². The van der Waals surface area contributed by atoms with Crippen molar-refractivity contribution in [2.75, 3.05) is 24.7 Å². The third kappa shape index (κ3) is 5.28. The highest BCUT2D eigenvalue weighted by Crippen LogP contribution is 2.58. The molecule has 0 spiro atoms. The fourth-order valence-electron chi connectivity index (χ4n) is 5.17. The Labute approximate surface area is 245 Å². The van der Waals surface area contributed by atoms with Crippen molar-refractivity contribution in [2.24, 2.45) is 0 Å². The summed E-state index contributed by atoms with van der Waals surface area (Å²) in [4.78, 5) is 34.9. The number of aromatic nitrogens is 8. The smallest absolute Gasteiger partial charge is 0.382 e. The number of nitrogen functional groups attached to an aromatic ring is 2. The van der Waals surface area contributed by atoms with Gasteiger partial charge in [-0.15, -0.1) is 0 Å². The van der Waals surface area contributed by atoms with E-state index in [1.807, 2.05) is 0 Å². The molecule has 3 fully saturated rings. The number of hydrogen-bond donors (Lipinski definition) is 4. The number of imidazole rings is 2. The third-order valence-electron chi connectivity index (χ3n) is 7.13. The topological polar surface area (TPSA) is 249 Å². The lowest BCUT2D eigenvalue weighted by Crippen LogP contribution is -2.35. The molecule has 2 unspecified atom stereocenters. The standard InChI is InChI=1S/C20H23FN10O9P2S/c21-12-15-10(38-20(12)31-7-29-14-17(23)25-5-27-19(14)31)3-35-41(32,33)39-8-1-11(37-9(8)2-36-42(34,43)40-15)30-6-28-13-16(22)24-4-26-18(13)30/h4-12,15,20H,1-3H2,(H,32,33)(H,34,43)(H2,22,24,26)(H2,23,25,27)/t8-,9?,10+,11+,12+,15+,20+,42+/m0/s1. The van der Waals surface area contributed by atoms with E-state index in [0.29, 0.717) is 11.2 Å². The first-order valence-corrected chi connectivity index (χ1v) is 16.8. The Balaban J connectivity index is 1.15. The average molecular weight is 660 g/mol. The van der Waals surface area contributed by atoms with Gasteiger partial charge in [-0.25, -0.2) is 43.4 Å². The van der Waals surface area contributed by atoms with Gasteiger partial charge in [0, 0.05) is 6.42 Å². The first-order chi connectivity index (χ1) is 20.5. The molecule has 43 heavy (non-hydrogen) atoms. The minimum absolute atomic E-state index is 0.00487. The number of fused-ring (bicyclic) bond motifs is 4. The number of nitrogens with two attached hydrogens (primary N) is 2. The maximum absolute atomic E-state index is 15.9. The molecule has 9 atom stereocenters. The highest BCUT2D eigenvalue weighted by atomic mass is 32.7. The minimum atomic E-state index is -4.80. The van der Waals surface area contributed by atoms with Crippen LogP contribution in [-0.2, 0) is 36.7 Å². The molecule has 4 aromatic heterocycles. The van der Waals surface area contributed by atoms with Crippen molar-refractivity contribution in [1.82, 2.24) is 39.0 Å². The van der Waals surface area contributed by atoms with Crippen molar-refractivity contribution in [1.29, 1.82) is 0 Å². The first-order valence-electron chi connectivity index (χ1n) is 12.6. The fourth-order valence-corrected chi connectivity index (χ4v) is 7.61. The molecule has 19 nitrogen and oxygen atoms in total. The molecule has 7 heterocycles. The van der Waals surface area contributed by atoms with Crippen LogP contribution in [0.3, 0.4) is 0 Å². The zero-order chi connectivity index (χ0) is 30.1. The molecule has 0 aliphatic carbocycles. The molecule has 0 radical (unpaired) electrons. The van der Waals surface area contributed by atoms with Crippen LogP contribution in [0.5, 0.6) is 0 Å². The van der Waals surface area contributed by atoms with Gasteiger partial charge in [0.1, 0.15) is 54.3 Å². The summed E-state index contributed by atoms with van der Waals surface area (Å²) in [6.07, 6.45) is -4.36. The van der Waals surface area contributed by atoms with Crippen LogP contribution in [0.15, 0.2) is 25.3 Å². The van der Waals surface area contributed by atoms with E-state index in [1.165, 1.54) is 34.4 Å². The fraction of sp³-hybridized carbons (Fsp3) is 0.500. The van der Waals surface area contributed by atoms with Gasteiger partial charge in [-0.05, 0) is 0 Å². The SMILES string of the molecule is Nc1ncnc2c1ncn2[C@@H]1O[C@@H]2COP(=O)(O)O[C@H]3C[C@H](n4cnc5c(N)ncnc54)OC3CO[P@@](=O)(S)O[C@H]2[C@H]1F. The van der Waals surface area contributed by atoms with E-state index < -0.39 is 70.9 Å². The molecule has 4 aromatic rings. The molecule has 3 aliphatic heterocycles. The number of alkyl halides is 1. The lowest BCUT2D eigenvalue weighted by Gasteiger charge is -2.27. The number of phosphoric acid groups is 1. The van der Waals surface area contributed by atoms with Gasteiger partial charge in [0.25, 0.3) is 0 Å². The van der Waals surface area contributed by atoms with Crippen molar-refractivity contribution < 1.29 is 46.0 Å². The molecule has 0 saturated carbocycles. The summed E-state index contributed by atoms with van der Waals surface area (Å²) in [5.74, 6) is 0.206. The van der Waals surface area contributed by atoms with Gasteiger partial charge in [0.05, 0.1) is 25.9 Å². The Hall–Kier alpha value is -2.84. The number of nitrogens with zero attached hydrogens (tertiary/aromatic N) is 8. The van der Waals surface area contributed by atoms with Crippen LogP contribution < -0.4 is 11.5 Å². The molecular formula is C20H23FN10O9P2S. The van der Waals surface area contributed by atoms with Crippen molar-refractivity contribution in [3.63, 3.8) is 0 Å². The number of thiol groups is 1. The second-order valence-corrected chi connectivity index (χ2v) is 14.1. The minimum Gasteiger partial charge on any atom is -0.382 e. The van der Waals surface area contributed by atoms with Crippen molar-refractivity contribution in [3.05, 3.63) is 25.3 Å². The Morgan fingerprint density at radius 1 is 0.860 bits per heavy atom. The molecule has 0 aromatic carbocycles. The van der Waals surface area contributed by atoms with E-state index in [0.717, 1.165) is 0 Å². The van der Waals surface area contributed by atoms with Crippen LogP contribution in [0.2, 0.25) is 0 Å². The van der Waals surface area contributed by atoms with Gasteiger partial charge in [-0.2, -0.15) is 0 Å². The maximum Gasteiger partial charge on any atom is 0.472 e. The van der Waals surface area contributed by atoms with E-state index in [-0.39, 0.29) is 29.2 Å². The highest BCUT2D eigenvalue weighted by Gasteiger charge is 2.52. The lowest BCUT2D eigenvalue weighted by molar-refractivity contribution is -0.0605. The molecule has 7 rings (SSSR count). The van der Waals surface area contributed by atoms with E-state index in [1.54, 1.807) is 0 Å². The molecule has 5 N–H and O–H groups in total. The zero-order valence-electron chi connectivity index (χ0n) is 21.6. The van der Waals surface area contributed by atoms with E-state index in [9.17, 15) is 14.0 Å². The Morgan fingerprint density at radius 3 is 2.19 bits per heavy atom. The van der Waals surface area contributed by atoms with Crippen molar-refractivity contribution in [3.8, 4) is 0 Å². The first kappa shape index (κ1) is 28.9. The highest BCUT2D eigenvalue weighted by molar-refractivity contribution is 8.44. The maximum atomic E-state index is 15.9. The second-order valence-electron chi connectivity index (χ2n) is 9.78. The largest absolute Gasteiger partial charge is 0.472 e. The molecule has 0 amide bonds. The van der Waals surface area contributed by atoms with Gasteiger partial charge in [0.2, 0.25) is 0 Å². The summed E-state index contributed by atoms with van der Waals surface area (Å²) in [5, 5.41) is 0. The number of halogens is 1. The predicted octanol–water partition coefficient (Wildman–Crippen LogP) is 1.31. The summed E-state index contributed by atoms with van der Waals surface area (Å²) in [6, 6.07) is 0. The van der Waals surface area contributed by atoms with Crippen LogP contribution >= 0.6 is 26.9 Å². The Kier molecular flexibility index (Phi) is 7.16. The lowest BCUT2D eigenvalue weighted by atomic mass is 10.1. The summed E-state index contributed by atoms with van der Waals surface area (Å²) >= 11 is 4.03. The Bertz CT molecular complexity index is 1800. The summed E-state index contributed by atoms with van der Waals surface area (Å²) < 4.78 is 78.5. The number of anilines is 2. The molecular weight excluding hydrogens is 637 g/mol. The van der Waals surface area contributed by atoms with Crippen LogP contribution in [0.4, 0.5) is 16.0 Å². The van der Waals surface area contributed by atoms with E-state index in [2.05, 4.69) is 42.2 Å². The number of rotatable bonds is 2. The predicted molar refractivity (Wildman–Crippen MR) is 145 cm³/mol. The zero-order valence-corrected chi connectivity index (χ0v) is 24.3. The number of phosphoric ester groups is 1. The Morgan fingerprint density at radius 2 is 1.49 bits per heavy atom. The second kappa shape index (κ2) is 10.7. The number of hydrogen-bond acceptors (Lipinski definition) is 16. The molecule has 230 valence electrons. The van der Waals surface area contributed by atoms with Gasteiger partial charge in [-0.3, -0.25) is 27.2 Å². The van der Waals surface area contributed by atoms with Crippen molar-refractivity contribution in [2.45, 2.75) is 49.5 Å². The monoisotopic (exact) mass is 660 g/mol. The van der Waals surface area contributed by atoms with Crippen LogP contribution in [0.25, 0.3) is 22.3 Å². The summed E-state index contributed by atoms with van der Waals surface area (Å²) in [5.41, 5.74) is 12.7. The third-order valence-corrected chi connectivity index (χ3v) is 9.76.